The van der Waals surface area contributed by atoms with Gasteiger partial charge in [-0.3, -0.25) is 19.8 Å². The van der Waals surface area contributed by atoms with Crippen molar-refractivity contribution in [3.63, 3.8) is 0 Å². The molecular weight excluding hydrogens is 398 g/mol. The summed E-state index contributed by atoms with van der Waals surface area (Å²) >= 11 is 0. The number of aryl methyl sites for hydroxylation is 1. The van der Waals surface area contributed by atoms with Gasteiger partial charge in [0.25, 0.3) is 11.6 Å². The minimum Gasteiger partial charge on any atom is -0.457 e. The van der Waals surface area contributed by atoms with Crippen LogP contribution in [0.3, 0.4) is 0 Å². The highest BCUT2D eigenvalue weighted by molar-refractivity contribution is 6.02. The summed E-state index contributed by atoms with van der Waals surface area (Å²) in [6, 6.07) is 14.9. The Morgan fingerprint density at radius 1 is 1.10 bits per heavy atom. The second-order valence-corrected chi connectivity index (χ2v) is 7.59. The van der Waals surface area contributed by atoms with Crippen molar-refractivity contribution in [1.29, 1.82) is 0 Å². The maximum atomic E-state index is 12.6. The van der Waals surface area contributed by atoms with Crippen LogP contribution in [0.4, 0.5) is 11.4 Å². The van der Waals surface area contributed by atoms with Gasteiger partial charge in [-0.2, -0.15) is 0 Å². The highest BCUT2D eigenvalue weighted by atomic mass is 16.6. The Morgan fingerprint density at radius 3 is 2.55 bits per heavy atom. The van der Waals surface area contributed by atoms with E-state index in [9.17, 15) is 14.9 Å². The fourth-order valence-corrected chi connectivity index (χ4v) is 3.50. The number of carbonyl (C=O) groups is 1. The summed E-state index contributed by atoms with van der Waals surface area (Å²) in [5.41, 5.74) is 1.13. The predicted molar refractivity (Wildman–Crippen MR) is 116 cm³/mol. The molecule has 0 radical (unpaired) electrons. The van der Waals surface area contributed by atoms with Crippen molar-refractivity contribution in [2.24, 2.45) is 0 Å². The standard InChI is InChI=1S/C23H23N3O5/c1-16-4-6-19(7-5-16)30-21-13-17(12-18(14-21)26(28)29)24-23(27)22-9-8-20(31-22)15-25-10-2-3-11-25/h4-9,12-14H,2-3,10-11,15H2,1H3,(H,24,27). The van der Waals surface area contributed by atoms with Crippen LogP contribution in [0.1, 0.15) is 34.7 Å². The first-order chi connectivity index (χ1) is 15.0. The van der Waals surface area contributed by atoms with Gasteiger partial charge in [0.2, 0.25) is 0 Å². The molecule has 2 aromatic carbocycles. The first kappa shape index (κ1) is 20.6. The van der Waals surface area contributed by atoms with E-state index in [-0.39, 0.29) is 22.9 Å². The molecular formula is C23H23N3O5. The molecule has 0 spiro atoms. The first-order valence-electron chi connectivity index (χ1n) is 10.1. The molecule has 1 aliphatic heterocycles. The van der Waals surface area contributed by atoms with E-state index in [1.807, 2.05) is 19.1 Å². The lowest BCUT2D eigenvalue weighted by molar-refractivity contribution is -0.384. The molecule has 31 heavy (non-hydrogen) atoms. The average molecular weight is 421 g/mol. The Labute approximate surface area is 179 Å². The lowest BCUT2D eigenvalue weighted by Crippen LogP contribution is -2.18. The van der Waals surface area contributed by atoms with Crippen LogP contribution in [-0.2, 0) is 6.54 Å². The van der Waals surface area contributed by atoms with Crippen LogP contribution in [0, 0.1) is 17.0 Å². The Bertz CT molecular complexity index is 1080. The summed E-state index contributed by atoms with van der Waals surface area (Å²) in [5.74, 6) is 1.19. The number of non-ortho nitro benzene ring substituents is 1. The Kier molecular flexibility index (Phi) is 5.99. The number of amides is 1. The molecule has 160 valence electrons. The van der Waals surface area contributed by atoms with E-state index >= 15 is 0 Å². The number of furan rings is 1. The van der Waals surface area contributed by atoms with E-state index < -0.39 is 10.8 Å². The van der Waals surface area contributed by atoms with Crippen molar-refractivity contribution in [2.75, 3.05) is 18.4 Å². The largest absolute Gasteiger partial charge is 0.457 e. The molecule has 0 atom stereocenters. The third-order valence-corrected chi connectivity index (χ3v) is 5.08. The molecule has 1 saturated heterocycles. The molecule has 0 saturated carbocycles. The SMILES string of the molecule is Cc1ccc(Oc2cc(NC(=O)c3ccc(CN4CCCC4)o3)cc([N+](=O)[O-])c2)cc1. The summed E-state index contributed by atoms with van der Waals surface area (Å²) in [5, 5.41) is 14.0. The number of carbonyl (C=O) groups excluding carboxylic acids is 1. The number of anilines is 1. The van der Waals surface area contributed by atoms with E-state index in [1.54, 1.807) is 30.3 Å². The molecule has 1 amide bonds. The van der Waals surface area contributed by atoms with Crippen LogP contribution in [0.5, 0.6) is 11.5 Å². The minimum atomic E-state index is -0.529. The normalized spacial score (nSPS) is 13.8. The van der Waals surface area contributed by atoms with Crippen LogP contribution in [0.15, 0.2) is 59.0 Å². The monoisotopic (exact) mass is 421 g/mol. The second kappa shape index (κ2) is 9.01. The fraction of sp³-hybridized carbons (Fsp3) is 0.261. The molecule has 8 nitrogen and oxygen atoms in total. The van der Waals surface area contributed by atoms with Gasteiger partial charge in [-0.15, -0.1) is 0 Å². The minimum absolute atomic E-state index is 0.154. The summed E-state index contributed by atoms with van der Waals surface area (Å²) in [7, 11) is 0. The number of nitrogens with one attached hydrogen (secondary N) is 1. The molecule has 1 N–H and O–H groups in total. The number of nitrogens with zero attached hydrogens (tertiary/aromatic N) is 2. The van der Waals surface area contributed by atoms with Gasteiger partial charge in [0.15, 0.2) is 5.76 Å². The zero-order chi connectivity index (χ0) is 21.8. The van der Waals surface area contributed by atoms with E-state index in [4.69, 9.17) is 9.15 Å². The average Bonchev–Trinajstić information content (AvgIpc) is 3.42. The van der Waals surface area contributed by atoms with Gasteiger partial charge in [-0.05, 0) is 57.1 Å². The molecule has 1 aromatic heterocycles. The van der Waals surface area contributed by atoms with Crippen molar-refractivity contribution in [3.8, 4) is 11.5 Å². The third-order valence-electron chi connectivity index (χ3n) is 5.08. The van der Waals surface area contributed by atoms with E-state index in [0.29, 0.717) is 12.3 Å². The Balaban J connectivity index is 1.49. The van der Waals surface area contributed by atoms with Gasteiger partial charge in [-0.1, -0.05) is 17.7 Å². The second-order valence-electron chi connectivity index (χ2n) is 7.59. The van der Waals surface area contributed by atoms with Crippen LogP contribution in [0.2, 0.25) is 0 Å². The molecule has 1 fully saturated rings. The van der Waals surface area contributed by atoms with Gasteiger partial charge in [0.05, 0.1) is 23.2 Å². The summed E-state index contributed by atoms with van der Waals surface area (Å²) in [4.78, 5) is 25.7. The zero-order valence-corrected chi connectivity index (χ0v) is 17.2. The van der Waals surface area contributed by atoms with Gasteiger partial charge in [0, 0.05) is 12.1 Å². The summed E-state index contributed by atoms with van der Waals surface area (Å²) in [6.07, 6.45) is 2.35. The number of likely N-dealkylation sites (tertiary alicyclic amines) is 1. The number of ether oxygens (including phenoxy) is 1. The molecule has 4 rings (SSSR count). The van der Waals surface area contributed by atoms with Crippen molar-refractivity contribution < 1.29 is 18.9 Å². The molecule has 0 unspecified atom stereocenters. The van der Waals surface area contributed by atoms with Gasteiger partial charge >= 0.3 is 0 Å². The predicted octanol–water partition coefficient (Wildman–Crippen LogP) is 5.14. The third kappa shape index (κ3) is 5.29. The number of nitro groups is 1. The zero-order valence-electron chi connectivity index (χ0n) is 17.2. The Morgan fingerprint density at radius 2 is 1.84 bits per heavy atom. The van der Waals surface area contributed by atoms with Gasteiger partial charge in [-0.25, -0.2) is 0 Å². The lowest BCUT2D eigenvalue weighted by atomic mass is 10.2. The molecule has 8 heteroatoms. The maximum Gasteiger partial charge on any atom is 0.291 e. The number of rotatable bonds is 7. The fourth-order valence-electron chi connectivity index (χ4n) is 3.50. The lowest BCUT2D eigenvalue weighted by Gasteiger charge is -2.11. The van der Waals surface area contributed by atoms with Crippen molar-refractivity contribution in [1.82, 2.24) is 4.90 Å². The maximum absolute atomic E-state index is 12.6. The summed E-state index contributed by atoms with van der Waals surface area (Å²) in [6.45, 7) is 4.67. The van der Waals surface area contributed by atoms with Crippen LogP contribution in [-0.4, -0.2) is 28.8 Å². The van der Waals surface area contributed by atoms with Crippen LogP contribution < -0.4 is 10.1 Å². The van der Waals surface area contributed by atoms with E-state index in [0.717, 1.165) is 24.4 Å². The van der Waals surface area contributed by atoms with E-state index in [1.165, 1.54) is 25.0 Å². The Hall–Kier alpha value is -3.65. The highest BCUT2D eigenvalue weighted by Gasteiger charge is 2.18. The summed E-state index contributed by atoms with van der Waals surface area (Å²) < 4.78 is 11.4. The number of hydrogen-bond acceptors (Lipinski definition) is 6. The first-order valence-corrected chi connectivity index (χ1v) is 10.1. The molecule has 3 aromatic rings. The van der Waals surface area contributed by atoms with Crippen molar-refractivity contribution in [3.05, 3.63) is 81.8 Å². The van der Waals surface area contributed by atoms with Gasteiger partial charge in [0.1, 0.15) is 17.3 Å². The molecule has 0 bridgehead atoms. The molecule has 2 heterocycles. The number of nitro benzene ring substituents is 1. The quantitative estimate of drug-likeness (QED) is 0.419. The van der Waals surface area contributed by atoms with Crippen LogP contribution >= 0.6 is 0 Å². The van der Waals surface area contributed by atoms with Crippen molar-refractivity contribution >= 4 is 17.3 Å². The van der Waals surface area contributed by atoms with Crippen molar-refractivity contribution in [2.45, 2.75) is 26.3 Å². The highest BCUT2D eigenvalue weighted by Crippen LogP contribution is 2.30. The molecule has 1 aliphatic rings. The van der Waals surface area contributed by atoms with Crippen LogP contribution in [0.25, 0.3) is 0 Å². The smallest absolute Gasteiger partial charge is 0.291 e. The number of benzene rings is 2. The number of hydrogen-bond donors (Lipinski definition) is 1. The molecule has 0 aliphatic carbocycles. The topological polar surface area (TPSA) is 97.8 Å². The van der Waals surface area contributed by atoms with Gasteiger partial charge < -0.3 is 14.5 Å². The van der Waals surface area contributed by atoms with E-state index in [2.05, 4.69) is 10.2 Å².